The quantitative estimate of drug-likeness (QED) is 0.647. The predicted molar refractivity (Wildman–Crippen MR) is 111 cm³/mol. The monoisotopic (exact) mass is 435 g/mol. The largest absolute Gasteiger partial charge is 0.460 e. The van der Waals surface area contributed by atoms with Gasteiger partial charge in [0.1, 0.15) is 11.7 Å². The van der Waals surface area contributed by atoms with E-state index in [1.165, 1.54) is 0 Å². The Morgan fingerprint density at radius 1 is 1.16 bits per heavy atom. The average molecular weight is 436 g/mol. The molecule has 3 aliphatic heterocycles. The Bertz CT molecular complexity index is 837. The van der Waals surface area contributed by atoms with Gasteiger partial charge in [-0.05, 0) is 44.1 Å². The summed E-state index contributed by atoms with van der Waals surface area (Å²) < 4.78 is 18.3. The van der Waals surface area contributed by atoms with Gasteiger partial charge in [-0.3, -0.25) is 4.90 Å². The van der Waals surface area contributed by atoms with Crippen LogP contribution in [-0.4, -0.2) is 83.9 Å². The summed E-state index contributed by atoms with van der Waals surface area (Å²) in [4.78, 5) is 16.0. The minimum atomic E-state index is -1.94. The molecule has 4 saturated carbocycles. The lowest BCUT2D eigenvalue weighted by Crippen LogP contribution is -2.84. The van der Waals surface area contributed by atoms with Crippen molar-refractivity contribution in [2.24, 2.45) is 28.1 Å². The van der Waals surface area contributed by atoms with Gasteiger partial charge in [0, 0.05) is 49.5 Å². The van der Waals surface area contributed by atoms with Crippen molar-refractivity contribution in [2.75, 3.05) is 27.3 Å². The normalized spacial score (nSPS) is 61.8. The van der Waals surface area contributed by atoms with Crippen molar-refractivity contribution in [3.8, 4) is 0 Å². The number of ether oxygens (including phenoxy) is 3. The SMILES string of the molecule is CCN1C[C@]2(C)CC[C@H](OC)[C@@]34[C@@H]2[C@H](OC)[C@](C)([C@@H]13)[C@@]1(O)CC[C@H]2C[C@@H]4[C@]1(O)C(=O)O2. The lowest BCUT2D eigenvalue weighted by Gasteiger charge is -2.72. The van der Waals surface area contributed by atoms with Gasteiger partial charge in [0.05, 0.1) is 12.2 Å². The van der Waals surface area contributed by atoms with E-state index < -0.39 is 33.9 Å². The fourth-order valence-electron chi connectivity index (χ4n) is 10.5. The third-order valence-corrected chi connectivity index (χ3v) is 11.2. The van der Waals surface area contributed by atoms with Gasteiger partial charge in [0.2, 0.25) is 0 Å². The molecule has 9 bridgehead atoms. The lowest BCUT2D eigenvalue weighted by molar-refractivity contribution is -0.332. The Hall–Kier alpha value is -0.730. The number of likely N-dealkylation sites (tertiary alicyclic amines) is 1. The molecule has 0 unspecified atom stereocenters. The topological polar surface area (TPSA) is 88.5 Å². The highest BCUT2D eigenvalue weighted by Crippen LogP contribution is 2.81. The van der Waals surface area contributed by atoms with Crippen LogP contribution in [-0.2, 0) is 19.0 Å². The number of esters is 1. The zero-order valence-electron chi connectivity index (χ0n) is 19.4. The molecular weight excluding hydrogens is 398 g/mol. The predicted octanol–water partition coefficient (Wildman–Crippen LogP) is 1.34. The number of aliphatic hydroxyl groups is 2. The lowest BCUT2D eigenvalue weighted by atomic mass is 9.39. The zero-order chi connectivity index (χ0) is 22.2. The Morgan fingerprint density at radius 3 is 2.55 bits per heavy atom. The Balaban J connectivity index is 1.75. The minimum Gasteiger partial charge on any atom is -0.460 e. The van der Waals surface area contributed by atoms with Crippen molar-refractivity contribution >= 4 is 5.97 Å². The van der Waals surface area contributed by atoms with Gasteiger partial charge >= 0.3 is 5.97 Å². The first-order valence-corrected chi connectivity index (χ1v) is 12.1. The van der Waals surface area contributed by atoms with E-state index in [0.29, 0.717) is 19.3 Å². The molecule has 3 saturated heterocycles. The number of carbonyl (C=O) groups is 1. The van der Waals surface area contributed by atoms with Crippen LogP contribution in [0.5, 0.6) is 0 Å². The van der Waals surface area contributed by atoms with Crippen LogP contribution in [0.25, 0.3) is 0 Å². The van der Waals surface area contributed by atoms with E-state index in [-0.39, 0.29) is 35.7 Å². The second-order valence-corrected chi connectivity index (χ2v) is 11.8. The number of nitrogens with zero attached hydrogens (tertiary/aromatic N) is 1. The number of carbonyl (C=O) groups excluding carboxylic acids is 1. The molecule has 1 spiro atoms. The first kappa shape index (κ1) is 20.8. The Kier molecular flexibility index (Phi) is 3.93. The highest BCUT2D eigenvalue weighted by Gasteiger charge is 2.92. The van der Waals surface area contributed by atoms with E-state index in [9.17, 15) is 15.0 Å². The van der Waals surface area contributed by atoms with Crippen LogP contribution >= 0.6 is 0 Å². The number of hydrogen-bond acceptors (Lipinski definition) is 7. The van der Waals surface area contributed by atoms with Crippen LogP contribution in [0.2, 0.25) is 0 Å². The van der Waals surface area contributed by atoms with Gasteiger partial charge in [-0.25, -0.2) is 4.79 Å². The van der Waals surface area contributed by atoms with Gasteiger partial charge in [-0.2, -0.15) is 0 Å². The van der Waals surface area contributed by atoms with Crippen molar-refractivity contribution in [2.45, 2.75) is 88.4 Å². The molecule has 174 valence electrons. The van der Waals surface area contributed by atoms with E-state index in [4.69, 9.17) is 14.2 Å². The second-order valence-electron chi connectivity index (χ2n) is 11.8. The minimum absolute atomic E-state index is 0.0294. The third kappa shape index (κ3) is 1.79. The summed E-state index contributed by atoms with van der Waals surface area (Å²) in [5.41, 5.74) is -4.90. The summed E-state index contributed by atoms with van der Waals surface area (Å²) in [5, 5.41) is 24.9. The summed E-state index contributed by atoms with van der Waals surface area (Å²) in [5.74, 6) is -0.961. The number of fused-ring (bicyclic) bond motifs is 2. The summed E-state index contributed by atoms with van der Waals surface area (Å²) in [6.45, 7) is 8.41. The van der Waals surface area contributed by atoms with Crippen molar-refractivity contribution < 1.29 is 29.2 Å². The van der Waals surface area contributed by atoms with Crippen LogP contribution in [0.15, 0.2) is 0 Å². The van der Waals surface area contributed by atoms with Crippen LogP contribution in [0.4, 0.5) is 0 Å². The molecule has 0 aromatic carbocycles. The molecule has 7 nitrogen and oxygen atoms in total. The second kappa shape index (κ2) is 5.84. The molecule has 0 radical (unpaired) electrons. The maximum Gasteiger partial charge on any atom is 0.341 e. The highest BCUT2D eigenvalue weighted by atomic mass is 16.6. The summed E-state index contributed by atoms with van der Waals surface area (Å²) in [6.07, 6.45) is 2.77. The first-order chi connectivity index (χ1) is 14.6. The van der Waals surface area contributed by atoms with Crippen LogP contribution in [0.1, 0.15) is 52.9 Å². The molecular formula is C24H37NO6. The van der Waals surface area contributed by atoms with E-state index in [2.05, 4.69) is 25.7 Å². The van der Waals surface area contributed by atoms with E-state index >= 15 is 0 Å². The van der Waals surface area contributed by atoms with Crippen LogP contribution in [0.3, 0.4) is 0 Å². The molecule has 0 aromatic heterocycles. The molecule has 3 heterocycles. The number of rotatable bonds is 3. The van der Waals surface area contributed by atoms with Crippen molar-refractivity contribution in [3.63, 3.8) is 0 Å². The van der Waals surface area contributed by atoms with Crippen molar-refractivity contribution in [1.29, 1.82) is 0 Å². The maximum atomic E-state index is 13.4. The summed E-state index contributed by atoms with van der Waals surface area (Å²) >= 11 is 0. The molecule has 7 heteroatoms. The Morgan fingerprint density at radius 2 is 1.90 bits per heavy atom. The highest BCUT2D eigenvalue weighted by molar-refractivity contribution is 5.84. The molecule has 2 N–H and O–H groups in total. The number of piperidine rings is 1. The molecule has 0 amide bonds. The van der Waals surface area contributed by atoms with Gasteiger partial charge in [0.25, 0.3) is 0 Å². The van der Waals surface area contributed by atoms with E-state index in [0.717, 1.165) is 25.9 Å². The molecule has 7 rings (SSSR count). The summed E-state index contributed by atoms with van der Waals surface area (Å²) in [7, 11) is 3.50. The van der Waals surface area contributed by atoms with Crippen LogP contribution < -0.4 is 0 Å². The fraction of sp³-hybridized carbons (Fsp3) is 0.958. The van der Waals surface area contributed by atoms with E-state index in [1.54, 1.807) is 14.2 Å². The van der Waals surface area contributed by atoms with Gasteiger partial charge < -0.3 is 24.4 Å². The van der Waals surface area contributed by atoms with Crippen LogP contribution in [0, 0.1) is 28.1 Å². The maximum absolute atomic E-state index is 13.4. The van der Waals surface area contributed by atoms with E-state index in [1.807, 2.05) is 0 Å². The van der Waals surface area contributed by atoms with Crippen molar-refractivity contribution in [1.82, 2.24) is 4.90 Å². The smallest absolute Gasteiger partial charge is 0.341 e. The van der Waals surface area contributed by atoms with Gasteiger partial charge in [-0.15, -0.1) is 0 Å². The summed E-state index contributed by atoms with van der Waals surface area (Å²) in [6, 6.07) is -0.0294. The molecule has 7 aliphatic rings. The standard InChI is InChI=1S/C24H37NO6/c1-6-25-12-20(2)9-8-15(29-4)23-14-11-13-7-10-22(27,24(14,28)19(26)31-13)21(3,18(23)25)17(30-5)16(20)23/h13-18,27-28H,6-12H2,1-5H3/t13-,14-,15-,16+,17-,18+,20-,21+,22-,23-,24-/m0/s1. The van der Waals surface area contributed by atoms with Crippen molar-refractivity contribution in [3.05, 3.63) is 0 Å². The Labute approximate surface area is 184 Å². The number of hydrogen-bond donors (Lipinski definition) is 2. The first-order valence-electron chi connectivity index (χ1n) is 12.1. The van der Waals surface area contributed by atoms with Gasteiger partial charge in [0.15, 0.2) is 5.60 Å². The number of methoxy groups -OCH3 is 2. The fourth-order valence-corrected chi connectivity index (χ4v) is 10.5. The zero-order valence-corrected chi connectivity index (χ0v) is 19.4. The molecule has 4 aliphatic carbocycles. The average Bonchev–Trinajstić information content (AvgIpc) is 2.76. The van der Waals surface area contributed by atoms with Gasteiger partial charge in [-0.1, -0.05) is 20.8 Å². The molecule has 31 heavy (non-hydrogen) atoms. The molecule has 11 atom stereocenters. The third-order valence-electron chi connectivity index (χ3n) is 11.2. The molecule has 7 fully saturated rings. The molecule has 0 aromatic rings.